The molecule has 1 aromatic heterocycles. The van der Waals surface area contributed by atoms with Crippen LogP contribution in [0.1, 0.15) is 63.0 Å². The number of anilines is 1. The fourth-order valence-corrected chi connectivity index (χ4v) is 2.58. The predicted octanol–water partition coefficient (Wildman–Crippen LogP) is 3.49. The Balaban J connectivity index is 2.19. The Morgan fingerprint density at radius 2 is 1.90 bits per heavy atom. The number of hydrogen-bond acceptors (Lipinski definition) is 4. The molecule has 4 nitrogen and oxygen atoms in total. The summed E-state index contributed by atoms with van der Waals surface area (Å²) in [4.78, 5) is 9.43. The second-order valence-corrected chi connectivity index (χ2v) is 5.45. The van der Waals surface area contributed by atoms with E-state index in [0.717, 1.165) is 50.5 Å². The normalized spacial score (nSPS) is 14.7. The smallest absolute Gasteiger partial charge is 0.156 e. The van der Waals surface area contributed by atoms with Crippen LogP contribution in [0.25, 0.3) is 0 Å². The van der Waals surface area contributed by atoms with Crippen molar-refractivity contribution in [3.63, 3.8) is 0 Å². The Bertz CT molecular complexity index is 420. The van der Waals surface area contributed by atoms with Gasteiger partial charge in [-0.05, 0) is 38.5 Å². The van der Waals surface area contributed by atoms with Crippen molar-refractivity contribution >= 4 is 5.82 Å². The van der Waals surface area contributed by atoms with Crippen molar-refractivity contribution in [2.75, 3.05) is 18.5 Å². The van der Waals surface area contributed by atoms with Gasteiger partial charge in [0.1, 0.15) is 12.4 Å². The van der Waals surface area contributed by atoms with E-state index in [9.17, 15) is 0 Å². The Hall–Kier alpha value is -1.16. The van der Waals surface area contributed by atoms with Gasteiger partial charge in [0.2, 0.25) is 0 Å². The van der Waals surface area contributed by atoms with Gasteiger partial charge in [-0.1, -0.05) is 20.3 Å². The highest BCUT2D eigenvalue weighted by molar-refractivity contribution is 5.47. The van der Waals surface area contributed by atoms with Gasteiger partial charge in [-0.25, -0.2) is 9.97 Å². The summed E-state index contributed by atoms with van der Waals surface area (Å²) >= 11 is 0. The van der Waals surface area contributed by atoms with Crippen molar-refractivity contribution in [2.45, 2.75) is 65.4 Å². The van der Waals surface area contributed by atoms with Gasteiger partial charge in [0.15, 0.2) is 5.82 Å². The molecule has 0 saturated carbocycles. The predicted molar refractivity (Wildman–Crippen MR) is 82.0 cm³/mol. The molecule has 2 rings (SSSR count). The largest absolute Gasteiger partial charge is 0.373 e. The standard InChI is InChI=1S/C16H27N3O/c1-3-10-17-16-13-8-6-5-7-9-14(13)18-15(19-16)12-20-11-4-2/h3-12H2,1-2H3,(H,17,18,19). The van der Waals surface area contributed by atoms with Crippen LogP contribution >= 0.6 is 0 Å². The summed E-state index contributed by atoms with van der Waals surface area (Å²) in [6.45, 7) is 6.57. The highest BCUT2D eigenvalue weighted by atomic mass is 16.5. The Morgan fingerprint density at radius 1 is 1.05 bits per heavy atom. The van der Waals surface area contributed by atoms with E-state index in [0.29, 0.717) is 6.61 Å². The summed E-state index contributed by atoms with van der Waals surface area (Å²) in [5.74, 6) is 1.88. The van der Waals surface area contributed by atoms with E-state index >= 15 is 0 Å². The van der Waals surface area contributed by atoms with Crippen LogP contribution in [0.4, 0.5) is 5.82 Å². The number of nitrogens with zero attached hydrogens (tertiary/aromatic N) is 2. The van der Waals surface area contributed by atoms with Crippen LogP contribution in [0.15, 0.2) is 0 Å². The molecule has 0 spiro atoms. The molecule has 20 heavy (non-hydrogen) atoms. The van der Waals surface area contributed by atoms with Crippen molar-refractivity contribution in [1.82, 2.24) is 9.97 Å². The van der Waals surface area contributed by atoms with Gasteiger partial charge in [0, 0.05) is 24.4 Å². The van der Waals surface area contributed by atoms with Crippen LogP contribution in [0.2, 0.25) is 0 Å². The summed E-state index contributed by atoms with van der Waals surface area (Å²) < 4.78 is 5.60. The van der Waals surface area contributed by atoms with Crippen molar-refractivity contribution in [3.8, 4) is 0 Å². The molecule has 4 heteroatoms. The third kappa shape index (κ3) is 4.17. The quantitative estimate of drug-likeness (QED) is 0.612. The van der Waals surface area contributed by atoms with Crippen LogP contribution < -0.4 is 5.32 Å². The summed E-state index contributed by atoms with van der Waals surface area (Å²) in [6, 6.07) is 0. The average Bonchev–Trinajstić information content (AvgIpc) is 2.70. The van der Waals surface area contributed by atoms with E-state index < -0.39 is 0 Å². The number of hydrogen-bond donors (Lipinski definition) is 1. The zero-order chi connectivity index (χ0) is 14.2. The van der Waals surface area contributed by atoms with E-state index in [1.165, 1.54) is 30.5 Å². The third-order valence-electron chi connectivity index (χ3n) is 3.60. The second-order valence-electron chi connectivity index (χ2n) is 5.45. The maximum atomic E-state index is 5.60. The third-order valence-corrected chi connectivity index (χ3v) is 3.60. The van der Waals surface area contributed by atoms with Crippen LogP contribution in [-0.4, -0.2) is 23.1 Å². The van der Waals surface area contributed by atoms with E-state index in [-0.39, 0.29) is 0 Å². The lowest BCUT2D eigenvalue weighted by molar-refractivity contribution is 0.116. The average molecular weight is 277 g/mol. The highest BCUT2D eigenvalue weighted by Gasteiger charge is 2.16. The summed E-state index contributed by atoms with van der Waals surface area (Å²) in [5, 5.41) is 3.47. The van der Waals surface area contributed by atoms with E-state index in [4.69, 9.17) is 9.72 Å². The number of nitrogens with one attached hydrogen (secondary N) is 1. The minimum Gasteiger partial charge on any atom is -0.373 e. The van der Waals surface area contributed by atoms with Crippen molar-refractivity contribution < 1.29 is 4.74 Å². The molecule has 0 unspecified atom stereocenters. The molecule has 0 aliphatic heterocycles. The Kier molecular flexibility index (Phi) is 6.25. The van der Waals surface area contributed by atoms with Gasteiger partial charge in [-0.2, -0.15) is 0 Å². The molecule has 0 bridgehead atoms. The summed E-state index contributed by atoms with van der Waals surface area (Å²) in [5.41, 5.74) is 2.58. The minimum absolute atomic E-state index is 0.530. The molecular weight excluding hydrogens is 250 g/mol. The van der Waals surface area contributed by atoms with Crippen LogP contribution in [0.3, 0.4) is 0 Å². The Morgan fingerprint density at radius 3 is 2.70 bits per heavy atom. The van der Waals surface area contributed by atoms with E-state index in [1.54, 1.807) is 0 Å². The SMILES string of the molecule is CCCNc1nc(COCCC)nc2c1CCCCC2. The first-order valence-electron chi connectivity index (χ1n) is 8.05. The molecule has 0 amide bonds. The molecule has 1 aliphatic rings. The molecule has 1 aliphatic carbocycles. The lowest BCUT2D eigenvalue weighted by Crippen LogP contribution is -2.12. The molecule has 112 valence electrons. The number of fused-ring (bicyclic) bond motifs is 1. The molecule has 0 fully saturated rings. The zero-order valence-electron chi connectivity index (χ0n) is 12.9. The fraction of sp³-hybridized carbons (Fsp3) is 0.750. The van der Waals surface area contributed by atoms with Gasteiger partial charge in [0.05, 0.1) is 0 Å². The monoisotopic (exact) mass is 277 g/mol. The second kappa shape index (κ2) is 8.20. The molecule has 1 N–H and O–H groups in total. The zero-order valence-corrected chi connectivity index (χ0v) is 12.9. The highest BCUT2D eigenvalue weighted by Crippen LogP contribution is 2.25. The molecule has 1 aromatic rings. The number of aromatic nitrogens is 2. The summed E-state index contributed by atoms with van der Waals surface area (Å²) in [7, 11) is 0. The van der Waals surface area contributed by atoms with Crippen molar-refractivity contribution in [3.05, 3.63) is 17.1 Å². The van der Waals surface area contributed by atoms with Crippen molar-refractivity contribution in [2.24, 2.45) is 0 Å². The van der Waals surface area contributed by atoms with Gasteiger partial charge >= 0.3 is 0 Å². The number of aryl methyl sites for hydroxylation is 1. The molecular formula is C16H27N3O. The van der Waals surface area contributed by atoms with Crippen LogP contribution in [-0.2, 0) is 24.2 Å². The molecule has 1 heterocycles. The summed E-state index contributed by atoms with van der Waals surface area (Å²) in [6.07, 6.45) is 8.13. The minimum atomic E-state index is 0.530. The topological polar surface area (TPSA) is 47.0 Å². The van der Waals surface area contributed by atoms with Crippen LogP contribution in [0.5, 0.6) is 0 Å². The number of ether oxygens (including phenoxy) is 1. The molecule has 0 saturated heterocycles. The maximum Gasteiger partial charge on any atom is 0.156 e. The number of rotatable bonds is 7. The van der Waals surface area contributed by atoms with E-state index in [2.05, 4.69) is 24.1 Å². The maximum absolute atomic E-state index is 5.60. The first-order valence-corrected chi connectivity index (χ1v) is 8.05. The van der Waals surface area contributed by atoms with Gasteiger partial charge < -0.3 is 10.1 Å². The molecule has 0 aromatic carbocycles. The van der Waals surface area contributed by atoms with Crippen LogP contribution in [0, 0.1) is 0 Å². The molecule has 0 atom stereocenters. The lowest BCUT2D eigenvalue weighted by Gasteiger charge is -2.14. The van der Waals surface area contributed by atoms with Gasteiger partial charge in [-0.3, -0.25) is 0 Å². The first-order chi connectivity index (χ1) is 9.85. The van der Waals surface area contributed by atoms with Gasteiger partial charge in [-0.15, -0.1) is 0 Å². The first kappa shape index (κ1) is 15.2. The van der Waals surface area contributed by atoms with Crippen molar-refractivity contribution in [1.29, 1.82) is 0 Å². The van der Waals surface area contributed by atoms with E-state index in [1.807, 2.05) is 0 Å². The Labute approximate surface area is 122 Å². The van der Waals surface area contributed by atoms with Gasteiger partial charge in [0.25, 0.3) is 0 Å². The molecule has 0 radical (unpaired) electrons. The lowest BCUT2D eigenvalue weighted by atomic mass is 10.1. The fourth-order valence-electron chi connectivity index (χ4n) is 2.58.